The highest BCUT2D eigenvalue weighted by atomic mass is 14.8. The van der Waals surface area contributed by atoms with E-state index in [2.05, 4.69) is 16.4 Å². The van der Waals surface area contributed by atoms with E-state index in [1.54, 1.807) is 0 Å². The summed E-state index contributed by atoms with van der Waals surface area (Å²) >= 11 is 0. The molecule has 0 aromatic heterocycles. The van der Waals surface area contributed by atoms with Crippen LogP contribution in [0.4, 0.5) is 0 Å². The average molecular weight is 138 g/mol. The highest BCUT2D eigenvalue weighted by Crippen LogP contribution is 2.06. The average Bonchev–Trinajstić information content (AvgIpc) is 2.03. The van der Waals surface area contributed by atoms with Gasteiger partial charge in [-0.1, -0.05) is 6.08 Å². The van der Waals surface area contributed by atoms with Gasteiger partial charge in [0.05, 0.1) is 0 Å². The van der Waals surface area contributed by atoms with Crippen LogP contribution in [0.25, 0.3) is 0 Å². The molecule has 10 heavy (non-hydrogen) atoms. The maximum atomic E-state index is 4.17. The lowest BCUT2D eigenvalue weighted by Crippen LogP contribution is -2.14. The van der Waals surface area contributed by atoms with Gasteiger partial charge in [-0.15, -0.1) is 0 Å². The Kier molecular flexibility index (Phi) is 3.16. The minimum absolute atomic E-state index is 0.664. The van der Waals surface area contributed by atoms with Gasteiger partial charge in [0.1, 0.15) is 0 Å². The summed E-state index contributed by atoms with van der Waals surface area (Å²) in [5.74, 6) is 0.664. The number of hydrogen-bond acceptors (Lipinski definition) is 2. The third-order valence-electron chi connectivity index (χ3n) is 1.68. The molecule has 0 radical (unpaired) electrons. The van der Waals surface area contributed by atoms with Gasteiger partial charge in [-0.05, 0) is 32.0 Å². The van der Waals surface area contributed by atoms with Crippen molar-refractivity contribution in [1.82, 2.24) is 5.32 Å². The Morgan fingerprint density at radius 3 is 3.20 bits per heavy atom. The minimum atomic E-state index is 0.664. The van der Waals surface area contributed by atoms with Crippen molar-refractivity contribution in [3.8, 4) is 0 Å². The quantitative estimate of drug-likeness (QED) is 0.614. The Labute approximate surface area is 62.0 Å². The summed E-state index contributed by atoms with van der Waals surface area (Å²) in [7, 11) is 1.98. The highest BCUT2D eigenvalue weighted by Gasteiger charge is 2.03. The van der Waals surface area contributed by atoms with Gasteiger partial charge in [0.15, 0.2) is 0 Å². The Bertz CT molecular complexity index is 138. The maximum Gasteiger partial charge on any atom is 0.0452 e. The van der Waals surface area contributed by atoms with Crippen molar-refractivity contribution in [1.29, 1.82) is 0 Å². The number of nitrogens with one attached hydrogen (secondary N) is 1. The monoisotopic (exact) mass is 138 g/mol. The van der Waals surface area contributed by atoms with Crippen LogP contribution in [0.3, 0.4) is 0 Å². The van der Waals surface area contributed by atoms with Gasteiger partial charge in [0, 0.05) is 12.8 Å². The van der Waals surface area contributed by atoms with Crippen molar-refractivity contribution in [3.63, 3.8) is 0 Å². The second-order valence-corrected chi connectivity index (χ2v) is 2.55. The first kappa shape index (κ1) is 7.48. The summed E-state index contributed by atoms with van der Waals surface area (Å²) in [4.78, 5) is 4.17. The van der Waals surface area contributed by atoms with Gasteiger partial charge in [0.25, 0.3) is 0 Å². The van der Waals surface area contributed by atoms with Crippen LogP contribution in [0.1, 0.15) is 6.42 Å². The summed E-state index contributed by atoms with van der Waals surface area (Å²) in [6.07, 6.45) is 7.33. The maximum absolute atomic E-state index is 4.17. The second-order valence-electron chi connectivity index (χ2n) is 2.55. The van der Waals surface area contributed by atoms with E-state index in [0.29, 0.717) is 5.92 Å². The van der Waals surface area contributed by atoms with Crippen LogP contribution in [0.15, 0.2) is 17.1 Å². The van der Waals surface area contributed by atoms with Crippen molar-refractivity contribution in [3.05, 3.63) is 12.2 Å². The molecule has 0 saturated heterocycles. The van der Waals surface area contributed by atoms with Gasteiger partial charge in [-0.25, -0.2) is 0 Å². The molecule has 1 rings (SSSR count). The number of nitrogens with zero attached hydrogens (tertiary/aromatic N) is 1. The molecule has 0 spiro atoms. The normalized spacial score (nSPS) is 23.5. The fourth-order valence-electron chi connectivity index (χ4n) is 1.04. The first-order chi connectivity index (χ1) is 4.93. The number of rotatable bonds is 3. The fraction of sp³-hybridized carbons (Fsp3) is 0.625. The molecule has 1 aliphatic heterocycles. The van der Waals surface area contributed by atoms with Crippen molar-refractivity contribution < 1.29 is 0 Å². The number of dihydropyridines is 1. The van der Waals surface area contributed by atoms with Crippen LogP contribution >= 0.6 is 0 Å². The molecule has 56 valence electrons. The molecule has 1 unspecified atom stereocenters. The molecule has 1 N–H and O–H groups in total. The van der Waals surface area contributed by atoms with E-state index < -0.39 is 0 Å². The second kappa shape index (κ2) is 4.23. The van der Waals surface area contributed by atoms with Gasteiger partial charge in [0.2, 0.25) is 0 Å². The number of hydrogen-bond donors (Lipinski definition) is 1. The molecule has 1 heterocycles. The molecular formula is C8H14N2. The van der Waals surface area contributed by atoms with E-state index in [4.69, 9.17) is 0 Å². The molecule has 1 atom stereocenters. The van der Waals surface area contributed by atoms with Crippen LogP contribution in [0, 0.1) is 5.92 Å². The van der Waals surface area contributed by atoms with Crippen LogP contribution < -0.4 is 5.32 Å². The zero-order chi connectivity index (χ0) is 7.23. The molecule has 0 aliphatic carbocycles. The van der Waals surface area contributed by atoms with E-state index in [-0.39, 0.29) is 0 Å². The van der Waals surface area contributed by atoms with Crippen molar-refractivity contribution in [2.75, 3.05) is 20.1 Å². The molecule has 0 aromatic rings. The molecule has 0 saturated carbocycles. The smallest absolute Gasteiger partial charge is 0.0452 e. The van der Waals surface area contributed by atoms with Crippen molar-refractivity contribution in [2.45, 2.75) is 6.42 Å². The van der Waals surface area contributed by atoms with Crippen LogP contribution in [-0.4, -0.2) is 26.4 Å². The topological polar surface area (TPSA) is 24.4 Å². The molecule has 1 aliphatic rings. The summed E-state index contributed by atoms with van der Waals surface area (Å²) < 4.78 is 0. The fourth-order valence-corrected chi connectivity index (χ4v) is 1.04. The van der Waals surface area contributed by atoms with E-state index in [0.717, 1.165) is 13.1 Å². The number of aliphatic imine (C=N–C) groups is 1. The van der Waals surface area contributed by atoms with Crippen LogP contribution in [0.5, 0.6) is 0 Å². The summed E-state index contributed by atoms with van der Waals surface area (Å²) in [6.45, 7) is 2.06. The van der Waals surface area contributed by atoms with E-state index >= 15 is 0 Å². The molecule has 2 heteroatoms. The van der Waals surface area contributed by atoms with Gasteiger partial charge >= 0.3 is 0 Å². The molecule has 0 aromatic carbocycles. The van der Waals surface area contributed by atoms with Crippen LogP contribution in [-0.2, 0) is 0 Å². The van der Waals surface area contributed by atoms with E-state index in [1.807, 2.05) is 19.3 Å². The van der Waals surface area contributed by atoms with Gasteiger partial charge in [-0.2, -0.15) is 0 Å². The predicted molar refractivity (Wildman–Crippen MR) is 44.5 cm³/mol. The van der Waals surface area contributed by atoms with E-state index in [9.17, 15) is 0 Å². The summed E-state index contributed by atoms with van der Waals surface area (Å²) in [5.41, 5.74) is 0. The molecule has 0 amide bonds. The molecule has 0 fully saturated rings. The Balaban J connectivity index is 2.17. The molecule has 0 bridgehead atoms. The Morgan fingerprint density at radius 1 is 1.70 bits per heavy atom. The van der Waals surface area contributed by atoms with Crippen LogP contribution in [0.2, 0.25) is 0 Å². The predicted octanol–water partition coefficient (Wildman–Crippen LogP) is 0.853. The Hall–Kier alpha value is -0.630. The lowest BCUT2D eigenvalue weighted by atomic mass is 10.0. The third-order valence-corrected chi connectivity index (χ3v) is 1.68. The number of allylic oxidation sites excluding steroid dienone is 1. The van der Waals surface area contributed by atoms with Gasteiger partial charge in [-0.3, -0.25) is 4.99 Å². The zero-order valence-corrected chi connectivity index (χ0v) is 6.38. The SMILES string of the molecule is CNCCC1C=CC=NC1. The third kappa shape index (κ3) is 2.31. The summed E-state index contributed by atoms with van der Waals surface area (Å²) in [6, 6.07) is 0. The van der Waals surface area contributed by atoms with Crippen molar-refractivity contribution >= 4 is 6.21 Å². The zero-order valence-electron chi connectivity index (χ0n) is 6.38. The summed E-state index contributed by atoms with van der Waals surface area (Å²) in [5, 5.41) is 3.13. The lowest BCUT2D eigenvalue weighted by Gasteiger charge is -2.10. The highest BCUT2D eigenvalue weighted by molar-refractivity contribution is 5.71. The van der Waals surface area contributed by atoms with Gasteiger partial charge < -0.3 is 5.32 Å². The molecular weight excluding hydrogens is 124 g/mol. The molecule has 2 nitrogen and oxygen atoms in total. The largest absolute Gasteiger partial charge is 0.320 e. The standard InChI is InChI=1S/C8H14N2/c1-9-6-4-8-3-2-5-10-7-8/h2-3,5,8-9H,4,6-7H2,1H3. The first-order valence-corrected chi connectivity index (χ1v) is 3.74. The van der Waals surface area contributed by atoms with Crippen molar-refractivity contribution in [2.24, 2.45) is 10.9 Å². The van der Waals surface area contributed by atoms with E-state index in [1.165, 1.54) is 6.42 Å². The first-order valence-electron chi connectivity index (χ1n) is 3.74. The Morgan fingerprint density at radius 2 is 2.60 bits per heavy atom. The minimum Gasteiger partial charge on any atom is -0.320 e. The lowest BCUT2D eigenvalue weighted by molar-refractivity contribution is 0.575.